The van der Waals surface area contributed by atoms with E-state index in [0.717, 1.165) is 0 Å². The lowest BCUT2D eigenvalue weighted by atomic mass is 10.4. The molecule has 1 rings (SSSR count). The zero-order valence-electron chi connectivity index (χ0n) is 8.61. The molecule has 1 heterocycles. The summed E-state index contributed by atoms with van der Waals surface area (Å²) in [6.45, 7) is 4.68. The van der Waals surface area contributed by atoms with Crippen molar-refractivity contribution in [1.82, 2.24) is 9.78 Å². The summed E-state index contributed by atoms with van der Waals surface area (Å²) in [5, 5.41) is 4.04. The molecule has 14 heavy (non-hydrogen) atoms. The lowest BCUT2D eigenvalue weighted by Crippen LogP contribution is -2.06. The highest BCUT2D eigenvalue weighted by atomic mass is 16.5. The predicted octanol–water partition coefficient (Wildman–Crippen LogP) is 1.09. The van der Waals surface area contributed by atoms with E-state index in [0.29, 0.717) is 19.0 Å². The topological polar surface area (TPSA) is 53.4 Å². The van der Waals surface area contributed by atoms with Gasteiger partial charge >= 0.3 is 5.97 Å². The number of aromatic nitrogens is 2. The quantitative estimate of drug-likeness (QED) is 0.679. The number of nitrogens with zero attached hydrogens (tertiary/aromatic N) is 2. The molecule has 0 aliphatic carbocycles. The Kier molecular flexibility index (Phi) is 3.50. The molecule has 0 fully saturated rings. The van der Waals surface area contributed by atoms with Gasteiger partial charge in [-0.25, -0.2) is 9.48 Å². The molecule has 5 heteroatoms. The van der Waals surface area contributed by atoms with Gasteiger partial charge in [-0.3, -0.25) is 0 Å². The van der Waals surface area contributed by atoms with Gasteiger partial charge in [0, 0.05) is 12.6 Å². The molecule has 5 nitrogen and oxygen atoms in total. The Morgan fingerprint density at radius 1 is 1.57 bits per heavy atom. The van der Waals surface area contributed by atoms with Gasteiger partial charge in [0.05, 0.1) is 13.7 Å². The van der Waals surface area contributed by atoms with Crippen molar-refractivity contribution in [3.05, 3.63) is 11.8 Å². The number of rotatable bonds is 4. The maximum atomic E-state index is 11.3. The number of carbonyl (C=O) groups excluding carboxylic acids is 1. The molecule has 1 aromatic heterocycles. The minimum absolute atomic E-state index is 0.283. The zero-order chi connectivity index (χ0) is 10.6. The molecule has 0 atom stereocenters. The molecule has 0 aliphatic rings. The summed E-state index contributed by atoms with van der Waals surface area (Å²) in [6, 6.07) is 1.57. The smallest absolute Gasteiger partial charge is 0.358 e. The normalized spacial score (nSPS) is 9.93. The molecule has 0 spiro atoms. The van der Waals surface area contributed by atoms with Gasteiger partial charge in [-0.15, -0.1) is 0 Å². The maximum Gasteiger partial charge on any atom is 0.358 e. The average Bonchev–Trinajstić information content (AvgIpc) is 2.61. The van der Waals surface area contributed by atoms with Crippen LogP contribution >= 0.6 is 0 Å². The van der Waals surface area contributed by atoms with Crippen molar-refractivity contribution >= 4 is 5.97 Å². The van der Waals surface area contributed by atoms with Crippen LogP contribution in [0.4, 0.5) is 0 Å². The first kappa shape index (κ1) is 10.6. The van der Waals surface area contributed by atoms with E-state index >= 15 is 0 Å². The fourth-order valence-corrected chi connectivity index (χ4v) is 1.10. The van der Waals surface area contributed by atoms with Crippen LogP contribution in [0.5, 0.6) is 5.88 Å². The van der Waals surface area contributed by atoms with Gasteiger partial charge in [-0.1, -0.05) is 0 Å². The van der Waals surface area contributed by atoms with E-state index in [1.807, 2.05) is 6.92 Å². The van der Waals surface area contributed by atoms with Crippen LogP contribution in [-0.4, -0.2) is 29.5 Å². The summed E-state index contributed by atoms with van der Waals surface area (Å²) < 4.78 is 11.5. The number of ether oxygens (including phenoxy) is 2. The Balaban J connectivity index is 2.88. The van der Waals surface area contributed by atoms with Crippen molar-refractivity contribution < 1.29 is 14.3 Å². The molecule has 0 saturated heterocycles. The molecule has 0 bridgehead atoms. The van der Waals surface area contributed by atoms with Gasteiger partial charge in [0.25, 0.3) is 0 Å². The maximum absolute atomic E-state index is 11.3. The average molecular weight is 198 g/mol. The third-order valence-corrected chi connectivity index (χ3v) is 1.74. The van der Waals surface area contributed by atoms with Crippen molar-refractivity contribution in [2.75, 3.05) is 13.7 Å². The summed E-state index contributed by atoms with van der Waals surface area (Å²) in [4.78, 5) is 11.3. The van der Waals surface area contributed by atoms with Gasteiger partial charge in [-0.05, 0) is 13.8 Å². The summed E-state index contributed by atoms with van der Waals surface area (Å²) in [7, 11) is 1.54. The lowest BCUT2D eigenvalue weighted by Gasteiger charge is -2.00. The van der Waals surface area contributed by atoms with Crippen LogP contribution in [0.25, 0.3) is 0 Å². The second-order valence-corrected chi connectivity index (χ2v) is 2.61. The summed E-state index contributed by atoms with van der Waals surface area (Å²) in [5.41, 5.74) is 0.283. The number of carbonyl (C=O) groups is 1. The number of hydrogen-bond acceptors (Lipinski definition) is 4. The molecule has 0 radical (unpaired) electrons. The largest absolute Gasteiger partial charge is 0.481 e. The second-order valence-electron chi connectivity index (χ2n) is 2.61. The van der Waals surface area contributed by atoms with Gasteiger partial charge < -0.3 is 9.47 Å². The molecule has 0 aromatic carbocycles. The standard InChI is InChI=1S/C9H14N2O3/c1-4-11-8(13-3)6-7(10-11)9(12)14-5-2/h6H,4-5H2,1-3H3. The SMILES string of the molecule is CCOC(=O)c1cc(OC)n(CC)n1. The summed E-state index contributed by atoms with van der Waals surface area (Å²) >= 11 is 0. The van der Waals surface area contributed by atoms with E-state index in [9.17, 15) is 4.79 Å². The molecule has 78 valence electrons. The zero-order valence-corrected chi connectivity index (χ0v) is 8.61. The first-order valence-electron chi connectivity index (χ1n) is 4.51. The van der Waals surface area contributed by atoms with Crippen LogP contribution in [0, 0.1) is 0 Å². The Morgan fingerprint density at radius 3 is 2.71 bits per heavy atom. The van der Waals surface area contributed by atoms with Crippen molar-refractivity contribution in [2.45, 2.75) is 20.4 Å². The van der Waals surface area contributed by atoms with Crippen LogP contribution < -0.4 is 4.74 Å². The number of methoxy groups -OCH3 is 1. The highest BCUT2D eigenvalue weighted by molar-refractivity contribution is 5.87. The second kappa shape index (κ2) is 4.64. The van der Waals surface area contributed by atoms with E-state index in [-0.39, 0.29) is 5.69 Å². The van der Waals surface area contributed by atoms with Crippen LogP contribution in [0.3, 0.4) is 0 Å². The Labute approximate surface area is 82.6 Å². The number of hydrogen-bond donors (Lipinski definition) is 0. The third-order valence-electron chi connectivity index (χ3n) is 1.74. The minimum atomic E-state index is -0.419. The molecule has 0 aliphatic heterocycles. The van der Waals surface area contributed by atoms with Crippen LogP contribution in [0.15, 0.2) is 6.07 Å². The Morgan fingerprint density at radius 2 is 2.29 bits per heavy atom. The number of aryl methyl sites for hydroxylation is 1. The molecule has 0 N–H and O–H groups in total. The minimum Gasteiger partial charge on any atom is -0.481 e. The molecule has 0 unspecified atom stereocenters. The van der Waals surface area contributed by atoms with E-state index in [1.54, 1.807) is 17.7 Å². The van der Waals surface area contributed by atoms with Crippen molar-refractivity contribution in [1.29, 1.82) is 0 Å². The first-order valence-corrected chi connectivity index (χ1v) is 4.51. The van der Waals surface area contributed by atoms with E-state index in [2.05, 4.69) is 5.10 Å². The summed E-state index contributed by atoms with van der Waals surface area (Å²) in [6.07, 6.45) is 0. The van der Waals surface area contributed by atoms with Gasteiger partial charge in [-0.2, -0.15) is 5.10 Å². The number of esters is 1. The highest BCUT2D eigenvalue weighted by Crippen LogP contribution is 2.13. The Hall–Kier alpha value is -1.52. The van der Waals surface area contributed by atoms with E-state index in [4.69, 9.17) is 9.47 Å². The first-order chi connectivity index (χ1) is 6.72. The van der Waals surface area contributed by atoms with Gasteiger partial charge in [0.2, 0.25) is 5.88 Å². The van der Waals surface area contributed by atoms with Crippen molar-refractivity contribution in [3.8, 4) is 5.88 Å². The van der Waals surface area contributed by atoms with Crippen LogP contribution in [-0.2, 0) is 11.3 Å². The van der Waals surface area contributed by atoms with Gasteiger partial charge in [0.1, 0.15) is 0 Å². The Bertz CT molecular complexity index is 298. The molecule has 1 aromatic rings. The third kappa shape index (κ3) is 2.04. The van der Waals surface area contributed by atoms with E-state index in [1.165, 1.54) is 7.11 Å². The monoisotopic (exact) mass is 198 g/mol. The van der Waals surface area contributed by atoms with Crippen molar-refractivity contribution in [2.24, 2.45) is 0 Å². The molecule has 0 amide bonds. The van der Waals surface area contributed by atoms with Crippen molar-refractivity contribution in [3.63, 3.8) is 0 Å². The molecular formula is C9H14N2O3. The molecule has 0 saturated carbocycles. The lowest BCUT2D eigenvalue weighted by molar-refractivity contribution is 0.0518. The van der Waals surface area contributed by atoms with E-state index < -0.39 is 5.97 Å². The predicted molar refractivity (Wildman–Crippen MR) is 50.4 cm³/mol. The highest BCUT2D eigenvalue weighted by Gasteiger charge is 2.14. The summed E-state index contributed by atoms with van der Waals surface area (Å²) in [5.74, 6) is 0.147. The fraction of sp³-hybridized carbons (Fsp3) is 0.556. The van der Waals surface area contributed by atoms with Crippen LogP contribution in [0.1, 0.15) is 24.3 Å². The fourth-order valence-electron chi connectivity index (χ4n) is 1.10. The van der Waals surface area contributed by atoms with Crippen LogP contribution in [0.2, 0.25) is 0 Å². The molecular weight excluding hydrogens is 184 g/mol. The van der Waals surface area contributed by atoms with Gasteiger partial charge in [0.15, 0.2) is 5.69 Å².